The van der Waals surface area contributed by atoms with Crippen LogP contribution in [0.5, 0.6) is 0 Å². The van der Waals surface area contributed by atoms with Gasteiger partial charge in [0.25, 0.3) is 6.43 Å². The normalized spacial score (nSPS) is 13.5. The third-order valence-corrected chi connectivity index (χ3v) is 7.66. The summed E-state index contributed by atoms with van der Waals surface area (Å²) in [5.74, 6) is -2.27. The number of nitrogens with two attached hydrogens (primary N) is 2. The third-order valence-electron chi connectivity index (χ3n) is 7.66. The van der Waals surface area contributed by atoms with E-state index in [-0.39, 0.29) is 38.8 Å². The number of ether oxygens (including phenoxy) is 3. The van der Waals surface area contributed by atoms with Gasteiger partial charge in [-0.1, -0.05) is 117 Å². The molecule has 0 fully saturated rings. The van der Waals surface area contributed by atoms with Crippen molar-refractivity contribution in [1.82, 2.24) is 0 Å². The predicted octanol–water partition coefficient (Wildman–Crippen LogP) is 7.53. The summed E-state index contributed by atoms with van der Waals surface area (Å²) in [5, 5.41) is 0. The maximum absolute atomic E-state index is 13.6. The van der Waals surface area contributed by atoms with E-state index in [1.54, 1.807) is 0 Å². The molecule has 0 aliphatic carbocycles. The Hall–Kier alpha value is -1.81. The summed E-state index contributed by atoms with van der Waals surface area (Å²) in [6, 6.07) is 0. The summed E-state index contributed by atoms with van der Waals surface area (Å²) in [4.78, 5) is 37.3. The van der Waals surface area contributed by atoms with Gasteiger partial charge in [-0.3, -0.25) is 9.59 Å². The Balaban J connectivity index is 4.69. The molecule has 0 aliphatic heterocycles. The van der Waals surface area contributed by atoms with E-state index in [9.17, 15) is 23.2 Å². The lowest BCUT2D eigenvalue weighted by atomic mass is 9.95. The van der Waals surface area contributed by atoms with Gasteiger partial charge in [-0.15, -0.1) is 0 Å². The number of esters is 3. The van der Waals surface area contributed by atoms with Gasteiger partial charge in [-0.25, -0.2) is 13.6 Å². The van der Waals surface area contributed by atoms with E-state index in [4.69, 9.17) is 25.7 Å². The third kappa shape index (κ3) is 22.4. The van der Waals surface area contributed by atoms with Crippen LogP contribution in [0.3, 0.4) is 0 Å². The molecule has 0 amide bonds. The molecule has 0 bridgehead atoms. The molecule has 4 N–H and O–H groups in total. The van der Waals surface area contributed by atoms with Crippen molar-refractivity contribution in [2.24, 2.45) is 11.5 Å². The first-order chi connectivity index (χ1) is 20.7. The van der Waals surface area contributed by atoms with Crippen molar-refractivity contribution in [3.05, 3.63) is 0 Å². The first-order valence-electron chi connectivity index (χ1n) is 17.0. The van der Waals surface area contributed by atoms with E-state index in [1.165, 1.54) is 64.2 Å². The van der Waals surface area contributed by atoms with Crippen molar-refractivity contribution in [3.63, 3.8) is 0 Å². The van der Waals surface area contributed by atoms with Gasteiger partial charge in [-0.2, -0.15) is 0 Å². The molecule has 0 rings (SSSR count). The summed E-state index contributed by atoms with van der Waals surface area (Å²) in [6.07, 6.45) is 15.8. The quantitative estimate of drug-likeness (QED) is 0.0479. The van der Waals surface area contributed by atoms with Crippen molar-refractivity contribution in [1.29, 1.82) is 0 Å². The monoisotopic (exact) mass is 620 g/mol. The molecule has 0 radical (unpaired) electrons. The van der Waals surface area contributed by atoms with Crippen LogP contribution in [-0.4, -0.2) is 55.7 Å². The Bertz CT molecular complexity index is 713. The lowest BCUT2D eigenvalue weighted by molar-refractivity contribution is -0.171. The number of carbonyl (C=O) groups excluding carboxylic acids is 3. The van der Waals surface area contributed by atoms with Gasteiger partial charge in [0.05, 0.1) is 0 Å². The van der Waals surface area contributed by atoms with Crippen molar-refractivity contribution in [2.45, 2.75) is 173 Å². The van der Waals surface area contributed by atoms with Gasteiger partial charge in [-0.05, 0) is 32.2 Å². The van der Waals surface area contributed by atoms with Gasteiger partial charge in [0.1, 0.15) is 13.2 Å². The maximum Gasteiger partial charge on any atom is 0.332 e. The highest BCUT2D eigenvalue weighted by Crippen LogP contribution is 2.21. The van der Waals surface area contributed by atoms with Crippen molar-refractivity contribution in [2.75, 3.05) is 19.8 Å². The first kappa shape index (κ1) is 41.2. The Morgan fingerprint density at radius 3 is 1.49 bits per heavy atom. The number of rotatable bonds is 30. The van der Waals surface area contributed by atoms with Crippen LogP contribution in [0.15, 0.2) is 0 Å². The van der Waals surface area contributed by atoms with Crippen LogP contribution in [0.2, 0.25) is 0 Å². The zero-order chi connectivity index (χ0) is 32.2. The Labute approximate surface area is 259 Å². The molecule has 8 nitrogen and oxygen atoms in total. The molecule has 0 saturated carbocycles. The van der Waals surface area contributed by atoms with Gasteiger partial charge >= 0.3 is 17.9 Å². The second-order valence-corrected chi connectivity index (χ2v) is 11.8. The second kappa shape index (κ2) is 27.7. The molecule has 0 aliphatic rings. The van der Waals surface area contributed by atoms with Crippen LogP contribution in [0.25, 0.3) is 0 Å². The molecule has 10 heteroatoms. The highest BCUT2D eigenvalue weighted by molar-refractivity contribution is 5.81. The average molecular weight is 621 g/mol. The van der Waals surface area contributed by atoms with Crippen LogP contribution in [0.1, 0.15) is 155 Å². The minimum atomic E-state index is -3.16. The molecule has 43 heavy (non-hydrogen) atoms. The minimum absolute atomic E-state index is 0.0902. The molecular weight excluding hydrogens is 558 g/mol. The van der Waals surface area contributed by atoms with E-state index in [1.807, 2.05) is 0 Å². The van der Waals surface area contributed by atoms with Gasteiger partial charge in [0, 0.05) is 12.8 Å². The second-order valence-electron chi connectivity index (χ2n) is 11.8. The standard InChI is InChI=1S/C33H62F2N2O6/c1-3-5-7-9-11-13-15-17-19-22-29(38)41-26-28(27-42-32(40)33(37,31(34)35)24-21-25-36)43-30(39)23-20-18-16-14-12-10-8-6-4-2/h28,31H,3-27,36-37H2,1-2H3. The fraction of sp³-hybridized carbons (Fsp3) is 0.909. The summed E-state index contributed by atoms with van der Waals surface area (Å²) in [7, 11) is 0. The number of hydrogen-bond acceptors (Lipinski definition) is 8. The molecular formula is C33H62F2N2O6. The minimum Gasteiger partial charge on any atom is -0.462 e. The van der Waals surface area contributed by atoms with E-state index in [0.717, 1.165) is 38.5 Å². The van der Waals surface area contributed by atoms with Crippen LogP contribution < -0.4 is 11.5 Å². The van der Waals surface area contributed by atoms with Crippen molar-refractivity contribution in [3.8, 4) is 0 Å². The van der Waals surface area contributed by atoms with Crippen LogP contribution >= 0.6 is 0 Å². The molecule has 2 unspecified atom stereocenters. The fourth-order valence-corrected chi connectivity index (χ4v) is 4.78. The highest BCUT2D eigenvalue weighted by Gasteiger charge is 2.45. The largest absolute Gasteiger partial charge is 0.462 e. The Kier molecular flexibility index (Phi) is 26.6. The molecule has 2 atom stereocenters. The number of unbranched alkanes of at least 4 members (excludes halogenated alkanes) is 16. The van der Waals surface area contributed by atoms with Crippen LogP contribution in [0.4, 0.5) is 8.78 Å². The highest BCUT2D eigenvalue weighted by atomic mass is 19.3. The van der Waals surface area contributed by atoms with E-state index in [0.29, 0.717) is 12.8 Å². The number of halogens is 2. The van der Waals surface area contributed by atoms with Gasteiger partial charge < -0.3 is 25.7 Å². The van der Waals surface area contributed by atoms with Gasteiger partial charge in [0.15, 0.2) is 11.6 Å². The maximum atomic E-state index is 13.6. The Morgan fingerprint density at radius 2 is 1.05 bits per heavy atom. The zero-order valence-corrected chi connectivity index (χ0v) is 27.2. The molecule has 0 spiro atoms. The SMILES string of the molecule is CCCCCCCCCCCC(=O)OCC(COC(=O)C(N)(CCCN)C(F)F)OC(=O)CCCCCCCCCCC. The van der Waals surface area contributed by atoms with Crippen molar-refractivity contribution < 1.29 is 37.4 Å². The van der Waals surface area contributed by atoms with E-state index < -0.39 is 42.6 Å². The number of alkyl halides is 2. The Morgan fingerprint density at radius 1 is 0.628 bits per heavy atom. The smallest absolute Gasteiger partial charge is 0.332 e. The molecule has 0 saturated heterocycles. The summed E-state index contributed by atoms with van der Waals surface area (Å²) >= 11 is 0. The van der Waals surface area contributed by atoms with Crippen molar-refractivity contribution >= 4 is 17.9 Å². The average Bonchev–Trinajstić information content (AvgIpc) is 2.99. The van der Waals surface area contributed by atoms with Gasteiger partial charge in [0.2, 0.25) is 0 Å². The molecule has 0 aromatic carbocycles. The molecule has 254 valence electrons. The number of carbonyl (C=O) groups is 3. The number of hydrogen-bond donors (Lipinski definition) is 2. The van der Waals surface area contributed by atoms with E-state index >= 15 is 0 Å². The molecule has 0 heterocycles. The molecule has 0 aromatic heterocycles. The van der Waals surface area contributed by atoms with Crippen LogP contribution in [0, 0.1) is 0 Å². The summed E-state index contributed by atoms with van der Waals surface area (Å²) in [5.41, 5.74) is 8.54. The van der Waals surface area contributed by atoms with Crippen LogP contribution in [-0.2, 0) is 28.6 Å². The first-order valence-corrected chi connectivity index (χ1v) is 17.0. The lowest BCUT2D eigenvalue weighted by Crippen LogP contribution is -2.55. The topological polar surface area (TPSA) is 131 Å². The molecule has 0 aromatic rings. The zero-order valence-electron chi connectivity index (χ0n) is 27.2. The summed E-state index contributed by atoms with van der Waals surface area (Å²) < 4.78 is 43.0. The summed E-state index contributed by atoms with van der Waals surface area (Å²) in [6.45, 7) is 3.60. The van der Waals surface area contributed by atoms with E-state index in [2.05, 4.69) is 13.8 Å². The lowest BCUT2D eigenvalue weighted by Gasteiger charge is -2.27. The fourth-order valence-electron chi connectivity index (χ4n) is 4.78. The predicted molar refractivity (Wildman–Crippen MR) is 167 cm³/mol.